The quantitative estimate of drug-likeness (QED) is 0.151. The lowest BCUT2D eigenvalue weighted by Gasteiger charge is -2.67. The topological polar surface area (TPSA) is 231 Å². The van der Waals surface area contributed by atoms with Gasteiger partial charge in [-0.1, -0.05) is 38.1 Å². The van der Waals surface area contributed by atoms with Gasteiger partial charge >= 0.3 is 30.0 Å². The Morgan fingerprint density at radius 1 is 1.03 bits per heavy atom. The highest BCUT2D eigenvalue weighted by Gasteiger charge is 2.78. The van der Waals surface area contributed by atoms with Crippen molar-refractivity contribution < 1.29 is 72.5 Å². The van der Waals surface area contributed by atoms with Gasteiger partial charge in [0.05, 0.1) is 35.6 Å². The highest BCUT2D eigenvalue weighted by atomic mass is 16.6. The summed E-state index contributed by atoms with van der Waals surface area (Å²) in [6.07, 6.45) is -10.1. The molecule has 4 N–H and O–H groups in total. The first-order valence-corrected chi connectivity index (χ1v) is 19.2. The number of carbonyl (C=O) groups is 6. The van der Waals surface area contributed by atoms with Crippen molar-refractivity contribution in [2.24, 2.45) is 16.7 Å². The molecule has 1 aliphatic heterocycles. The Balaban J connectivity index is 1.72. The number of fused-ring (bicyclic) bond motifs is 5. The van der Waals surface area contributed by atoms with Crippen LogP contribution in [0, 0.1) is 16.7 Å². The predicted octanol–water partition coefficient (Wildman–Crippen LogP) is 3.03. The molecule has 16 heteroatoms. The summed E-state index contributed by atoms with van der Waals surface area (Å²) in [4.78, 5) is 81.9. The molecule has 318 valence electrons. The molecule has 0 aromatic heterocycles. The van der Waals surface area contributed by atoms with Crippen molar-refractivity contribution in [1.82, 2.24) is 5.32 Å². The van der Waals surface area contributed by atoms with Crippen molar-refractivity contribution in [2.45, 2.75) is 141 Å². The summed E-state index contributed by atoms with van der Waals surface area (Å²) in [5.41, 5.74) is -8.54. The molecule has 0 spiro atoms. The maximum Gasteiger partial charge on any atom is 0.407 e. The number of ketones is 1. The van der Waals surface area contributed by atoms with Crippen molar-refractivity contribution >= 4 is 35.8 Å². The van der Waals surface area contributed by atoms with E-state index < -0.39 is 118 Å². The van der Waals surface area contributed by atoms with Crippen molar-refractivity contribution in [3.05, 3.63) is 59.7 Å². The fraction of sp³-hybridized carbons (Fsp3) is 0.619. The molecule has 1 aromatic rings. The van der Waals surface area contributed by atoms with Crippen molar-refractivity contribution in [3.8, 4) is 0 Å². The smallest absolute Gasteiger partial charge is 0.407 e. The number of rotatable bonds is 10. The second-order valence-electron chi connectivity index (χ2n) is 17.4. The third kappa shape index (κ3) is 7.66. The van der Waals surface area contributed by atoms with Gasteiger partial charge < -0.3 is 49.1 Å². The van der Waals surface area contributed by atoms with Crippen molar-refractivity contribution in [2.75, 3.05) is 6.61 Å². The largest absolute Gasteiger partial charge is 0.456 e. The molecule has 1 heterocycles. The van der Waals surface area contributed by atoms with Crippen LogP contribution in [0.5, 0.6) is 0 Å². The lowest BCUT2D eigenvalue weighted by atomic mass is 9.44. The maximum absolute atomic E-state index is 15.4. The van der Waals surface area contributed by atoms with Crippen LogP contribution >= 0.6 is 0 Å². The molecule has 2 bridgehead atoms. The number of esters is 4. The van der Waals surface area contributed by atoms with Crippen LogP contribution in [0.4, 0.5) is 4.79 Å². The molecule has 58 heavy (non-hydrogen) atoms. The standard InChI is InChI=1S/C42H55NO15/c1-11-15-25(43-37(51)58-38(5,6)7)30(47)36(50)55-26-19-42(52)34(56-35(49)24-16-13-12-14-17-24)32-40(10,27(46)18-28-41(32,20-53-28)57-23(4)45)33(48)31(54-22(3)44)29(21(26)2)39(42,8)9/h11-14,16-17,25-28,30-32,34,46-47,52H,1,15,18-20H2,2-10H3,(H,43,51)/t25-,26-,27-,28+,30+,31+,32-,34-,40+,41-,42+/m0/s1. The van der Waals surface area contributed by atoms with E-state index in [9.17, 15) is 39.3 Å². The molecule has 1 aromatic carbocycles. The van der Waals surface area contributed by atoms with Gasteiger partial charge in [0.1, 0.15) is 29.5 Å². The summed E-state index contributed by atoms with van der Waals surface area (Å²) in [6.45, 7) is 16.4. The number of nitrogens with one attached hydrogen (secondary N) is 1. The fourth-order valence-corrected chi connectivity index (χ4v) is 9.30. The van der Waals surface area contributed by atoms with Crippen LogP contribution in [0.1, 0.15) is 91.9 Å². The number of aliphatic hydroxyl groups is 3. The molecule has 11 atom stereocenters. The zero-order chi connectivity index (χ0) is 43.3. The second-order valence-corrected chi connectivity index (χ2v) is 17.4. The van der Waals surface area contributed by atoms with E-state index in [1.54, 1.807) is 52.8 Å². The molecule has 0 radical (unpaired) electrons. The zero-order valence-electron chi connectivity index (χ0n) is 34.4. The Hall–Kier alpha value is -4.64. The highest BCUT2D eigenvalue weighted by Crippen LogP contribution is 2.64. The molecule has 2 saturated carbocycles. The molecule has 3 fully saturated rings. The number of benzene rings is 1. The SMILES string of the molecule is C=CC[C@H](NC(=O)OC(C)(C)C)[C@@H](O)C(=O)O[C@H]1C[C@@]2(O)[C@@H](OC(=O)c3ccccc3)[C@@H]3[C@]4(OC(C)=O)CO[C@@H]4C[C@H](O)[C@@]3(C)C(=O)[C@H](OC(C)=O)C(=C1C)C2(C)C. The Morgan fingerprint density at radius 3 is 2.21 bits per heavy atom. The van der Waals surface area contributed by atoms with Gasteiger partial charge in [-0.05, 0) is 64.3 Å². The Labute approximate surface area is 337 Å². The van der Waals surface area contributed by atoms with Gasteiger partial charge in [-0.3, -0.25) is 14.4 Å². The summed E-state index contributed by atoms with van der Waals surface area (Å²) in [5.74, 6) is -6.28. The fourth-order valence-electron chi connectivity index (χ4n) is 9.30. The normalized spacial score (nSPS) is 33.6. The zero-order valence-corrected chi connectivity index (χ0v) is 34.4. The van der Waals surface area contributed by atoms with Gasteiger partial charge in [0, 0.05) is 32.1 Å². The Bertz CT molecular complexity index is 1870. The summed E-state index contributed by atoms with van der Waals surface area (Å²) >= 11 is 0. The summed E-state index contributed by atoms with van der Waals surface area (Å²) in [5, 5.41) is 39.3. The van der Waals surface area contributed by atoms with Gasteiger partial charge in [0.25, 0.3) is 0 Å². The number of aliphatic hydroxyl groups excluding tert-OH is 2. The first kappa shape index (κ1) is 44.5. The second kappa shape index (κ2) is 15.8. The number of Topliss-reactive ketones (excluding diaryl/α,β-unsaturated/α-hetero) is 1. The van der Waals surface area contributed by atoms with Gasteiger partial charge in [-0.15, -0.1) is 6.58 Å². The average molecular weight is 814 g/mol. The van der Waals surface area contributed by atoms with E-state index in [1.165, 1.54) is 32.1 Å². The molecular weight excluding hydrogens is 758 g/mol. The van der Waals surface area contributed by atoms with Gasteiger partial charge in [0.15, 0.2) is 23.6 Å². The van der Waals surface area contributed by atoms with Gasteiger partial charge in [-0.25, -0.2) is 14.4 Å². The van der Waals surface area contributed by atoms with Gasteiger partial charge in [0.2, 0.25) is 0 Å². The van der Waals surface area contributed by atoms with Crippen LogP contribution in [-0.2, 0) is 47.6 Å². The summed E-state index contributed by atoms with van der Waals surface area (Å²) in [7, 11) is 0. The lowest BCUT2D eigenvalue weighted by Crippen LogP contribution is -2.82. The third-order valence-electron chi connectivity index (χ3n) is 12.2. The molecule has 16 nitrogen and oxygen atoms in total. The van der Waals surface area contributed by atoms with Crippen LogP contribution in [-0.4, -0.2) is 117 Å². The van der Waals surface area contributed by atoms with Crippen LogP contribution in [0.3, 0.4) is 0 Å². The number of hydrogen-bond acceptors (Lipinski definition) is 15. The van der Waals surface area contributed by atoms with E-state index in [-0.39, 0.29) is 36.2 Å². The van der Waals surface area contributed by atoms with Crippen LogP contribution < -0.4 is 5.32 Å². The Kier molecular flexibility index (Phi) is 12.1. The third-order valence-corrected chi connectivity index (χ3v) is 12.2. The molecule has 1 amide bonds. The molecule has 4 aliphatic rings. The summed E-state index contributed by atoms with van der Waals surface area (Å²) < 4.78 is 35.2. The monoisotopic (exact) mass is 813 g/mol. The van der Waals surface area contributed by atoms with E-state index in [4.69, 9.17) is 28.4 Å². The van der Waals surface area contributed by atoms with E-state index >= 15 is 4.79 Å². The molecule has 1 saturated heterocycles. The minimum atomic E-state index is -2.38. The number of carbonyl (C=O) groups excluding carboxylic acids is 6. The minimum Gasteiger partial charge on any atom is -0.456 e. The number of amides is 1. The average Bonchev–Trinajstić information content (AvgIpc) is 3.11. The predicted molar refractivity (Wildman–Crippen MR) is 203 cm³/mol. The highest BCUT2D eigenvalue weighted by molar-refractivity contribution is 5.95. The van der Waals surface area contributed by atoms with Crippen molar-refractivity contribution in [1.29, 1.82) is 0 Å². The van der Waals surface area contributed by atoms with E-state index in [1.807, 2.05) is 0 Å². The first-order chi connectivity index (χ1) is 26.8. The summed E-state index contributed by atoms with van der Waals surface area (Å²) in [6, 6.07) is 6.53. The maximum atomic E-state index is 15.4. The molecular formula is C42H55NO15. The van der Waals surface area contributed by atoms with Gasteiger partial charge in [-0.2, -0.15) is 0 Å². The Morgan fingerprint density at radius 2 is 1.67 bits per heavy atom. The van der Waals surface area contributed by atoms with E-state index in [2.05, 4.69) is 11.9 Å². The molecule has 5 rings (SSSR count). The van der Waals surface area contributed by atoms with Crippen LogP contribution in [0.2, 0.25) is 0 Å². The lowest BCUT2D eigenvalue weighted by molar-refractivity contribution is -0.346. The minimum absolute atomic E-state index is 0.00980. The number of ether oxygens (including phenoxy) is 6. The van der Waals surface area contributed by atoms with Crippen LogP contribution in [0.15, 0.2) is 54.1 Å². The number of alkyl carbamates (subject to hydrolysis) is 1. The molecule has 3 aliphatic carbocycles. The molecule has 0 unspecified atom stereocenters. The number of hydrogen-bond donors (Lipinski definition) is 4. The van der Waals surface area contributed by atoms with E-state index in [0.717, 1.165) is 13.8 Å². The van der Waals surface area contributed by atoms with Crippen molar-refractivity contribution in [3.63, 3.8) is 0 Å². The van der Waals surface area contributed by atoms with E-state index in [0.29, 0.717) is 0 Å². The van der Waals surface area contributed by atoms with Crippen LogP contribution in [0.25, 0.3) is 0 Å². The first-order valence-electron chi connectivity index (χ1n) is 19.2.